The van der Waals surface area contributed by atoms with Crippen LogP contribution >= 0.6 is 0 Å². The van der Waals surface area contributed by atoms with Crippen LogP contribution in [0.5, 0.6) is 5.75 Å². The summed E-state index contributed by atoms with van der Waals surface area (Å²) >= 11 is 0. The van der Waals surface area contributed by atoms with Crippen molar-refractivity contribution in [1.82, 2.24) is 0 Å². The molecule has 5 nitrogen and oxygen atoms in total. The number of carbonyl (C=O) groups is 2. The summed E-state index contributed by atoms with van der Waals surface area (Å²) < 4.78 is 0. The molecule has 0 spiro atoms. The molecule has 130 valence electrons. The number of benzene rings is 1. The van der Waals surface area contributed by atoms with Gasteiger partial charge in [-0.05, 0) is 35.8 Å². The number of aliphatic carboxylic acids is 2. The Labute approximate surface area is 138 Å². The molecule has 0 heterocycles. The molecule has 1 aromatic carbocycles. The molecule has 0 saturated carbocycles. The minimum atomic E-state index is -0.870. The van der Waals surface area contributed by atoms with Crippen molar-refractivity contribution in [1.29, 1.82) is 0 Å². The number of hydrogen-bond acceptors (Lipinski definition) is 3. The molecular weight excluding hydrogens is 296 g/mol. The summed E-state index contributed by atoms with van der Waals surface area (Å²) in [6.07, 6.45) is 1.02. The van der Waals surface area contributed by atoms with E-state index in [9.17, 15) is 14.7 Å². The number of carboxylic acids is 2. The zero-order valence-corrected chi connectivity index (χ0v) is 14.4. The third-order valence-electron chi connectivity index (χ3n) is 3.37. The summed E-state index contributed by atoms with van der Waals surface area (Å²) in [5, 5.41) is 26.2. The van der Waals surface area contributed by atoms with Gasteiger partial charge in [0.05, 0.1) is 0 Å². The number of carboxylic acid groups (broad SMARTS) is 2. The van der Waals surface area contributed by atoms with E-state index in [4.69, 9.17) is 10.2 Å². The van der Waals surface area contributed by atoms with Crippen molar-refractivity contribution >= 4 is 11.9 Å². The Balaban J connectivity index is 0.000000438. The van der Waals surface area contributed by atoms with Crippen LogP contribution in [0.2, 0.25) is 0 Å². The largest absolute Gasteiger partial charge is 0.507 e. The van der Waals surface area contributed by atoms with Crippen molar-refractivity contribution in [2.24, 2.45) is 0 Å². The van der Waals surface area contributed by atoms with Gasteiger partial charge in [0.25, 0.3) is 0 Å². The van der Waals surface area contributed by atoms with Crippen LogP contribution in [0, 0.1) is 0 Å². The molecule has 23 heavy (non-hydrogen) atoms. The van der Waals surface area contributed by atoms with E-state index in [1.165, 1.54) is 0 Å². The molecular formula is C18H28O5. The Morgan fingerprint density at radius 1 is 0.870 bits per heavy atom. The molecule has 0 bridgehead atoms. The van der Waals surface area contributed by atoms with Gasteiger partial charge >= 0.3 is 11.9 Å². The van der Waals surface area contributed by atoms with Crippen LogP contribution in [0.4, 0.5) is 0 Å². The van der Waals surface area contributed by atoms with Gasteiger partial charge in [-0.2, -0.15) is 0 Å². The van der Waals surface area contributed by atoms with Crippen LogP contribution in [-0.2, 0) is 9.59 Å². The predicted octanol–water partition coefficient (Wildman–Crippen LogP) is 4.36. The van der Waals surface area contributed by atoms with Crippen LogP contribution in [0.1, 0.15) is 76.3 Å². The number of aromatic hydroxyl groups is 1. The molecule has 0 atom stereocenters. The Morgan fingerprint density at radius 2 is 1.22 bits per heavy atom. The SMILES string of the molecule is CC(C)c1cccc(C(C)C)c1O.O=C(O)CCCCC(=O)O. The molecule has 0 amide bonds. The molecule has 0 saturated heterocycles. The normalized spacial score (nSPS) is 10.3. The number of unbranched alkanes of at least 4 members (excludes halogenated alkanes) is 1. The summed E-state index contributed by atoms with van der Waals surface area (Å²) in [6.45, 7) is 8.39. The van der Waals surface area contributed by atoms with Crippen LogP contribution < -0.4 is 0 Å². The van der Waals surface area contributed by atoms with E-state index < -0.39 is 11.9 Å². The number of rotatable bonds is 7. The van der Waals surface area contributed by atoms with Crippen molar-refractivity contribution in [2.75, 3.05) is 0 Å². The van der Waals surface area contributed by atoms with Gasteiger partial charge in [-0.15, -0.1) is 0 Å². The molecule has 1 aromatic rings. The van der Waals surface area contributed by atoms with E-state index in [1.54, 1.807) is 0 Å². The van der Waals surface area contributed by atoms with Crippen molar-refractivity contribution in [3.05, 3.63) is 29.3 Å². The third kappa shape index (κ3) is 8.86. The van der Waals surface area contributed by atoms with Gasteiger partial charge in [0, 0.05) is 12.8 Å². The van der Waals surface area contributed by atoms with Crippen LogP contribution in [0.3, 0.4) is 0 Å². The van der Waals surface area contributed by atoms with Gasteiger partial charge in [-0.25, -0.2) is 0 Å². The van der Waals surface area contributed by atoms with E-state index in [-0.39, 0.29) is 12.8 Å². The summed E-state index contributed by atoms with van der Waals surface area (Å²) in [5.41, 5.74) is 2.09. The molecule has 0 radical (unpaired) electrons. The van der Waals surface area contributed by atoms with Crippen LogP contribution in [0.15, 0.2) is 18.2 Å². The van der Waals surface area contributed by atoms with Gasteiger partial charge in [0.1, 0.15) is 5.75 Å². The second kappa shape index (κ2) is 10.6. The minimum Gasteiger partial charge on any atom is -0.507 e. The topological polar surface area (TPSA) is 94.8 Å². The number of hydrogen-bond donors (Lipinski definition) is 3. The highest BCUT2D eigenvalue weighted by Gasteiger charge is 2.11. The zero-order valence-electron chi connectivity index (χ0n) is 14.4. The van der Waals surface area contributed by atoms with Crippen molar-refractivity contribution in [2.45, 2.75) is 65.2 Å². The van der Waals surface area contributed by atoms with Gasteiger partial charge in [-0.1, -0.05) is 45.9 Å². The fourth-order valence-electron chi connectivity index (χ4n) is 2.06. The maximum absolute atomic E-state index is 9.93. The molecule has 0 aliphatic rings. The molecule has 0 aliphatic carbocycles. The number of phenolic OH excluding ortho intramolecular Hbond substituents is 1. The van der Waals surface area contributed by atoms with E-state index in [0.717, 1.165) is 11.1 Å². The van der Waals surface area contributed by atoms with Gasteiger partial charge in [-0.3, -0.25) is 9.59 Å². The smallest absolute Gasteiger partial charge is 0.303 e. The van der Waals surface area contributed by atoms with E-state index in [2.05, 4.69) is 27.7 Å². The molecule has 0 aromatic heterocycles. The maximum Gasteiger partial charge on any atom is 0.303 e. The van der Waals surface area contributed by atoms with Crippen LogP contribution in [-0.4, -0.2) is 27.3 Å². The standard InChI is InChI=1S/C12H18O.C6H10O4/c1-8(2)10-6-5-7-11(9(3)4)12(10)13;7-5(8)3-1-2-4-6(9)10/h5-9,13H,1-4H3;1-4H2,(H,7,8)(H,9,10). The molecule has 0 fully saturated rings. The minimum absolute atomic E-state index is 0.0628. The van der Waals surface area contributed by atoms with Crippen LogP contribution in [0.25, 0.3) is 0 Å². The van der Waals surface area contributed by atoms with Gasteiger partial charge in [0.15, 0.2) is 0 Å². The fraction of sp³-hybridized carbons (Fsp3) is 0.556. The molecule has 3 N–H and O–H groups in total. The molecule has 5 heteroatoms. The highest BCUT2D eigenvalue weighted by atomic mass is 16.4. The van der Waals surface area contributed by atoms with Crippen molar-refractivity contribution in [3.8, 4) is 5.75 Å². The highest BCUT2D eigenvalue weighted by molar-refractivity contribution is 5.67. The average Bonchev–Trinajstić information content (AvgIpc) is 2.43. The second-order valence-corrected chi connectivity index (χ2v) is 6.09. The first kappa shape index (κ1) is 21.0. The highest BCUT2D eigenvalue weighted by Crippen LogP contribution is 2.32. The number of para-hydroxylation sites is 1. The molecule has 0 aliphatic heterocycles. The predicted molar refractivity (Wildman–Crippen MR) is 90.0 cm³/mol. The van der Waals surface area contributed by atoms with E-state index in [0.29, 0.717) is 30.4 Å². The Hall–Kier alpha value is -2.04. The van der Waals surface area contributed by atoms with Crippen molar-refractivity contribution in [3.63, 3.8) is 0 Å². The lowest BCUT2D eigenvalue weighted by Gasteiger charge is -2.14. The zero-order chi connectivity index (χ0) is 18.0. The summed E-state index contributed by atoms with van der Waals surface area (Å²) in [5.74, 6) is -0.485. The lowest BCUT2D eigenvalue weighted by atomic mass is 9.94. The van der Waals surface area contributed by atoms with Crippen molar-refractivity contribution < 1.29 is 24.9 Å². The third-order valence-corrected chi connectivity index (χ3v) is 3.37. The first-order valence-corrected chi connectivity index (χ1v) is 7.92. The first-order chi connectivity index (χ1) is 10.7. The summed E-state index contributed by atoms with van der Waals surface area (Å²) in [7, 11) is 0. The number of phenols is 1. The fourth-order valence-corrected chi connectivity index (χ4v) is 2.06. The first-order valence-electron chi connectivity index (χ1n) is 7.92. The average molecular weight is 324 g/mol. The summed E-state index contributed by atoms with van der Waals surface area (Å²) in [4.78, 5) is 19.8. The van der Waals surface area contributed by atoms with E-state index in [1.807, 2.05) is 18.2 Å². The summed E-state index contributed by atoms with van der Waals surface area (Å²) in [6, 6.07) is 6.00. The second-order valence-electron chi connectivity index (χ2n) is 6.09. The lowest BCUT2D eigenvalue weighted by Crippen LogP contribution is -1.97. The van der Waals surface area contributed by atoms with Gasteiger partial charge in [0.2, 0.25) is 0 Å². The van der Waals surface area contributed by atoms with Gasteiger partial charge < -0.3 is 15.3 Å². The van der Waals surface area contributed by atoms with E-state index >= 15 is 0 Å². The maximum atomic E-state index is 9.93. The molecule has 1 rings (SSSR count). The lowest BCUT2D eigenvalue weighted by molar-refractivity contribution is -0.139. The Morgan fingerprint density at radius 3 is 1.48 bits per heavy atom. The Kier molecular flexibility index (Phi) is 9.70. The Bertz CT molecular complexity index is 464. The molecule has 0 unspecified atom stereocenters. The quantitative estimate of drug-likeness (QED) is 0.648. The monoisotopic (exact) mass is 324 g/mol.